The highest BCUT2D eigenvalue weighted by molar-refractivity contribution is 7.89. The lowest BCUT2D eigenvalue weighted by Gasteiger charge is -2.15. The molecule has 3 aromatic rings. The standard InChI is InChI=1S/C16H17N5O3S2/c1-21-14-5-3-4-12(11(14)9-18-21)19-16(25)20-13-8-10(26(17,22)23)6-7-15(13)24-2/h3-9H,1-2H3,(H2,17,22,23)(H2,19,20,25). The first-order chi connectivity index (χ1) is 12.3. The molecule has 0 atom stereocenters. The Morgan fingerprint density at radius 3 is 2.65 bits per heavy atom. The number of fused-ring (bicyclic) bond motifs is 1. The number of aryl methyl sites for hydroxylation is 1. The van der Waals surface area contributed by atoms with Gasteiger partial charge in [-0.3, -0.25) is 4.68 Å². The summed E-state index contributed by atoms with van der Waals surface area (Å²) in [7, 11) is -0.512. The van der Waals surface area contributed by atoms with Crippen LogP contribution in [0.15, 0.2) is 47.5 Å². The zero-order chi connectivity index (χ0) is 18.9. The number of sulfonamides is 1. The molecule has 0 spiro atoms. The van der Waals surface area contributed by atoms with Gasteiger partial charge in [-0.2, -0.15) is 5.10 Å². The first kappa shape index (κ1) is 18.1. The number of nitrogens with zero attached hydrogens (tertiary/aromatic N) is 2. The predicted molar refractivity (Wildman–Crippen MR) is 105 cm³/mol. The van der Waals surface area contributed by atoms with Crippen LogP contribution in [-0.2, 0) is 17.1 Å². The number of rotatable bonds is 4. The summed E-state index contributed by atoms with van der Waals surface area (Å²) in [5.41, 5.74) is 2.11. The highest BCUT2D eigenvalue weighted by Gasteiger charge is 2.13. The molecule has 136 valence electrons. The molecule has 0 fully saturated rings. The normalized spacial score (nSPS) is 11.3. The van der Waals surface area contributed by atoms with Crippen molar-refractivity contribution in [1.29, 1.82) is 0 Å². The van der Waals surface area contributed by atoms with E-state index in [0.717, 1.165) is 16.6 Å². The molecule has 0 radical (unpaired) electrons. The van der Waals surface area contributed by atoms with Crippen LogP contribution in [0.5, 0.6) is 5.75 Å². The lowest BCUT2D eigenvalue weighted by Crippen LogP contribution is -2.20. The summed E-state index contributed by atoms with van der Waals surface area (Å²) in [5.74, 6) is 0.432. The van der Waals surface area contributed by atoms with Gasteiger partial charge in [0.05, 0.1) is 35.1 Å². The van der Waals surface area contributed by atoms with Crippen molar-refractivity contribution in [3.05, 3.63) is 42.6 Å². The van der Waals surface area contributed by atoms with Crippen molar-refractivity contribution in [2.24, 2.45) is 12.2 Å². The van der Waals surface area contributed by atoms with Crippen LogP contribution >= 0.6 is 12.2 Å². The van der Waals surface area contributed by atoms with E-state index in [-0.39, 0.29) is 10.0 Å². The van der Waals surface area contributed by atoms with Gasteiger partial charge in [0.2, 0.25) is 10.0 Å². The molecule has 0 saturated carbocycles. The average Bonchev–Trinajstić information content (AvgIpc) is 2.96. The molecule has 4 N–H and O–H groups in total. The van der Waals surface area contributed by atoms with Crippen LogP contribution < -0.4 is 20.5 Å². The summed E-state index contributed by atoms with van der Waals surface area (Å²) in [6, 6.07) is 9.95. The van der Waals surface area contributed by atoms with Gasteiger partial charge in [0.15, 0.2) is 5.11 Å². The Morgan fingerprint density at radius 1 is 1.23 bits per heavy atom. The Morgan fingerprint density at radius 2 is 1.96 bits per heavy atom. The third-order valence-corrected chi connectivity index (χ3v) is 4.90. The fourth-order valence-corrected chi connectivity index (χ4v) is 3.28. The monoisotopic (exact) mass is 391 g/mol. The van der Waals surface area contributed by atoms with Crippen LogP contribution in [0.2, 0.25) is 0 Å². The predicted octanol–water partition coefficient (Wildman–Crippen LogP) is 2.04. The Kier molecular flexibility index (Phi) is 4.81. The van der Waals surface area contributed by atoms with E-state index in [2.05, 4.69) is 15.7 Å². The number of ether oxygens (including phenoxy) is 1. The van der Waals surface area contributed by atoms with Crippen LogP contribution in [0.25, 0.3) is 10.9 Å². The maximum Gasteiger partial charge on any atom is 0.238 e. The Labute approximate surface area is 156 Å². The highest BCUT2D eigenvalue weighted by Crippen LogP contribution is 2.28. The first-order valence-corrected chi connectivity index (χ1v) is 9.44. The number of benzene rings is 2. The molecular formula is C16H17N5O3S2. The van der Waals surface area contributed by atoms with E-state index in [4.69, 9.17) is 22.1 Å². The molecule has 0 aliphatic rings. The quantitative estimate of drug-likeness (QED) is 0.584. The molecule has 0 unspecified atom stereocenters. The van der Waals surface area contributed by atoms with Crippen molar-refractivity contribution in [2.45, 2.75) is 4.90 Å². The molecule has 0 aliphatic carbocycles. The zero-order valence-corrected chi connectivity index (χ0v) is 15.7. The largest absolute Gasteiger partial charge is 0.495 e. The van der Waals surface area contributed by atoms with Crippen molar-refractivity contribution >= 4 is 49.6 Å². The Bertz CT molecular complexity index is 1090. The van der Waals surface area contributed by atoms with Gasteiger partial charge < -0.3 is 15.4 Å². The minimum atomic E-state index is -3.84. The van der Waals surface area contributed by atoms with Crippen molar-refractivity contribution in [3.63, 3.8) is 0 Å². The third kappa shape index (κ3) is 3.62. The fraction of sp³-hybridized carbons (Fsp3) is 0.125. The number of thiocarbonyl (C=S) groups is 1. The van der Waals surface area contributed by atoms with Gasteiger partial charge in [-0.25, -0.2) is 13.6 Å². The van der Waals surface area contributed by atoms with Crippen molar-refractivity contribution in [2.75, 3.05) is 17.7 Å². The van der Waals surface area contributed by atoms with Gasteiger partial charge in [-0.05, 0) is 42.5 Å². The molecule has 8 nitrogen and oxygen atoms in total. The summed E-state index contributed by atoms with van der Waals surface area (Å²) >= 11 is 5.35. The summed E-state index contributed by atoms with van der Waals surface area (Å²) < 4.78 is 30.1. The van der Waals surface area contributed by atoms with E-state index < -0.39 is 10.0 Å². The number of methoxy groups -OCH3 is 1. The van der Waals surface area contributed by atoms with E-state index >= 15 is 0 Å². The lowest BCUT2D eigenvalue weighted by atomic mass is 10.2. The molecule has 10 heteroatoms. The SMILES string of the molecule is COc1ccc(S(N)(=O)=O)cc1NC(=S)Nc1cccc2c1cnn2C. The van der Waals surface area contributed by atoms with E-state index in [0.29, 0.717) is 11.4 Å². The maximum atomic E-state index is 11.6. The third-order valence-electron chi connectivity index (χ3n) is 3.79. The molecule has 2 aromatic carbocycles. The van der Waals surface area contributed by atoms with Crippen molar-refractivity contribution in [3.8, 4) is 5.75 Å². The minimum absolute atomic E-state index is 0.0436. The van der Waals surface area contributed by atoms with Crippen LogP contribution in [0.4, 0.5) is 11.4 Å². The number of nitrogens with two attached hydrogens (primary N) is 1. The molecule has 0 amide bonds. The van der Waals surface area contributed by atoms with Crippen LogP contribution in [-0.4, -0.2) is 30.4 Å². The number of hydrogen-bond donors (Lipinski definition) is 3. The number of hydrogen-bond acceptors (Lipinski definition) is 5. The maximum absolute atomic E-state index is 11.6. The molecule has 0 aliphatic heterocycles. The Balaban J connectivity index is 1.88. The lowest BCUT2D eigenvalue weighted by molar-refractivity contribution is 0.416. The van der Waals surface area contributed by atoms with Crippen LogP contribution in [0.3, 0.4) is 0 Å². The second-order valence-electron chi connectivity index (χ2n) is 5.49. The number of aromatic nitrogens is 2. The molecule has 1 aromatic heterocycles. The summed E-state index contributed by atoms with van der Waals surface area (Å²) in [6.07, 6.45) is 1.74. The zero-order valence-electron chi connectivity index (χ0n) is 14.1. The van der Waals surface area contributed by atoms with E-state index in [9.17, 15) is 8.42 Å². The minimum Gasteiger partial charge on any atom is -0.495 e. The van der Waals surface area contributed by atoms with E-state index in [1.807, 2.05) is 25.2 Å². The number of nitrogens with one attached hydrogen (secondary N) is 2. The second kappa shape index (κ2) is 6.90. The van der Waals surface area contributed by atoms with Crippen LogP contribution in [0, 0.1) is 0 Å². The summed E-state index contributed by atoms with van der Waals surface area (Å²) in [5, 5.41) is 16.6. The molecule has 3 rings (SSSR count). The van der Waals surface area contributed by atoms with Gasteiger partial charge in [-0.1, -0.05) is 6.07 Å². The topological polar surface area (TPSA) is 111 Å². The second-order valence-corrected chi connectivity index (χ2v) is 7.46. The summed E-state index contributed by atoms with van der Waals surface area (Å²) in [6.45, 7) is 0. The highest BCUT2D eigenvalue weighted by atomic mass is 32.2. The van der Waals surface area contributed by atoms with Crippen molar-refractivity contribution in [1.82, 2.24) is 9.78 Å². The molecule has 26 heavy (non-hydrogen) atoms. The number of primary sulfonamides is 1. The van der Waals surface area contributed by atoms with Gasteiger partial charge in [0.25, 0.3) is 0 Å². The van der Waals surface area contributed by atoms with Gasteiger partial charge in [-0.15, -0.1) is 0 Å². The van der Waals surface area contributed by atoms with E-state index in [1.165, 1.54) is 25.3 Å². The van der Waals surface area contributed by atoms with Gasteiger partial charge >= 0.3 is 0 Å². The van der Waals surface area contributed by atoms with Crippen LogP contribution in [0.1, 0.15) is 0 Å². The average molecular weight is 391 g/mol. The first-order valence-electron chi connectivity index (χ1n) is 7.49. The molecule has 0 saturated heterocycles. The molecule has 1 heterocycles. The van der Waals surface area contributed by atoms with E-state index in [1.54, 1.807) is 10.9 Å². The smallest absolute Gasteiger partial charge is 0.238 e. The van der Waals surface area contributed by atoms with Gasteiger partial charge in [0.1, 0.15) is 5.75 Å². The number of anilines is 2. The Hall–Kier alpha value is -2.69. The molecular weight excluding hydrogens is 374 g/mol. The van der Waals surface area contributed by atoms with Gasteiger partial charge in [0, 0.05) is 12.4 Å². The molecule has 0 bridgehead atoms. The van der Waals surface area contributed by atoms with Crippen molar-refractivity contribution < 1.29 is 13.2 Å². The fourth-order valence-electron chi connectivity index (χ4n) is 2.52. The summed E-state index contributed by atoms with van der Waals surface area (Å²) in [4.78, 5) is -0.0436.